The lowest BCUT2D eigenvalue weighted by Gasteiger charge is -2.22. The fourth-order valence-corrected chi connectivity index (χ4v) is 1.91. The maximum atomic E-state index is 12.3. The molecule has 0 atom stereocenters. The Bertz CT molecular complexity index is 401. The average molecular weight is 233 g/mol. The predicted molar refractivity (Wildman–Crippen MR) is 67.6 cm³/mol. The van der Waals surface area contributed by atoms with Gasteiger partial charge in [-0.2, -0.15) is 0 Å². The quantitative estimate of drug-likeness (QED) is 0.845. The summed E-state index contributed by atoms with van der Waals surface area (Å²) in [7, 11) is 0. The summed E-state index contributed by atoms with van der Waals surface area (Å²) >= 11 is 0. The highest BCUT2D eigenvalue weighted by atomic mass is 16.2. The normalized spacial score (nSPS) is 14.6. The molecular weight excluding hydrogens is 214 g/mol. The first-order valence-electron chi connectivity index (χ1n) is 6.21. The van der Waals surface area contributed by atoms with Crippen LogP contribution >= 0.6 is 0 Å². The third-order valence-corrected chi connectivity index (χ3v) is 3.04. The highest BCUT2D eigenvalue weighted by molar-refractivity contribution is 5.98. The van der Waals surface area contributed by atoms with E-state index in [1.165, 1.54) is 12.8 Å². The van der Waals surface area contributed by atoms with Gasteiger partial charge < -0.3 is 10.6 Å². The van der Waals surface area contributed by atoms with E-state index in [9.17, 15) is 4.79 Å². The van der Waals surface area contributed by atoms with E-state index >= 15 is 0 Å². The minimum Gasteiger partial charge on any atom is -0.398 e. The number of aromatic nitrogens is 1. The fraction of sp³-hybridized carbons (Fsp3) is 0.538. The molecule has 2 rings (SSSR count). The van der Waals surface area contributed by atoms with Gasteiger partial charge in [-0.05, 0) is 31.2 Å². The summed E-state index contributed by atoms with van der Waals surface area (Å²) in [5, 5.41) is 0. The third-order valence-electron chi connectivity index (χ3n) is 3.04. The third kappa shape index (κ3) is 2.96. The van der Waals surface area contributed by atoms with Gasteiger partial charge in [-0.15, -0.1) is 0 Å². The number of nitrogens with two attached hydrogens (primary N) is 1. The van der Waals surface area contributed by atoms with E-state index in [4.69, 9.17) is 5.73 Å². The van der Waals surface area contributed by atoms with E-state index in [-0.39, 0.29) is 5.91 Å². The molecule has 92 valence electrons. The Kier molecular flexibility index (Phi) is 3.61. The van der Waals surface area contributed by atoms with Gasteiger partial charge in [0.2, 0.25) is 0 Å². The summed E-state index contributed by atoms with van der Waals surface area (Å²) in [5.74, 6) is 0.716. The van der Waals surface area contributed by atoms with Gasteiger partial charge in [0.1, 0.15) is 0 Å². The van der Waals surface area contributed by atoms with Gasteiger partial charge in [0, 0.05) is 31.2 Å². The first-order chi connectivity index (χ1) is 8.22. The first-order valence-corrected chi connectivity index (χ1v) is 6.21. The van der Waals surface area contributed by atoms with E-state index in [1.807, 2.05) is 4.90 Å². The Labute approximate surface area is 102 Å². The number of carbonyl (C=O) groups excluding carboxylic acids is 1. The molecule has 17 heavy (non-hydrogen) atoms. The second-order valence-electron chi connectivity index (χ2n) is 4.66. The molecule has 0 bridgehead atoms. The lowest BCUT2D eigenvalue weighted by molar-refractivity contribution is 0.0748. The zero-order valence-electron chi connectivity index (χ0n) is 10.2. The number of hydrogen-bond donors (Lipinski definition) is 1. The predicted octanol–water partition coefficient (Wildman–Crippen LogP) is 1.93. The Hall–Kier alpha value is -1.58. The van der Waals surface area contributed by atoms with E-state index in [2.05, 4.69) is 11.9 Å². The van der Waals surface area contributed by atoms with Gasteiger partial charge in [0.25, 0.3) is 5.91 Å². The van der Waals surface area contributed by atoms with Crippen molar-refractivity contribution < 1.29 is 4.79 Å². The van der Waals surface area contributed by atoms with Gasteiger partial charge in [-0.25, -0.2) is 0 Å². The van der Waals surface area contributed by atoms with Crippen LogP contribution in [0.1, 0.15) is 36.5 Å². The van der Waals surface area contributed by atoms with Crippen LogP contribution in [-0.2, 0) is 0 Å². The molecule has 4 nitrogen and oxygen atoms in total. The number of carbonyl (C=O) groups is 1. The summed E-state index contributed by atoms with van der Waals surface area (Å²) < 4.78 is 0. The zero-order chi connectivity index (χ0) is 12.3. The molecule has 0 spiro atoms. The Morgan fingerprint density at radius 2 is 2.35 bits per heavy atom. The number of amides is 1. The molecule has 4 heteroatoms. The van der Waals surface area contributed by atoms with Crippen LogP contribution in [0.4, 0.5) is 5.69 Å². The van der Waals surface area contributed by atoms with Gasteiger partial charge in [0.05, 0.1) is 5.56 Å². The van der Waals surface area contributed by atoms with Crippen molar-refractivity contribution in [3.63, 3.8) is 0 Å². The van der Waals surface area contributed by atoms with Crippen molar-refractivity contribution in [2.45, 2.75) is 26.2 Å². The number of nitrogens with zero attached hydrogens (tertiary/aromatic N) is 2. The van der Waals surface area contributed by atoms with Crippen molar-refractivity contribution >= 4 is 11.6 Å². The van der Waals surface area contributed by atoms with Gasteiger partial charge >= 0.3 is 0 Å². The van der Waals surface area contributed by atoms with Crippen LogP contribution in [0.3, 0.4) is 0 Å². The molecule has 1 amide bonds. The molecule has 1 aliphatic carbocycles. The summed E-state index contributed by atoms with van der Waals surface area (Å²) in [5.41, 5.74) is 6.86. The monoisotopic (exact) mass is 233 g/mol. The van der Waals surface area contributed by atoms with E-state index in [1.54, 1.807) is 18.5 Å². The topological polar surface area (TPSA) is 59.2 Å². The van der Waals surface area contributed by atoms with Crippen LogP contribution in [0, 0.1) is 5.92 Å². The van der Waals surface area contributed by atoms with Crippen LogP contribution in [0.5, 0.6) is 0 Å². The fourth-order valence-electron chi connectivity index (χ4n) is 1.91. The van der Waals surface area contributed by atoms with Gasteiger partial charge in [-0.1, -0.05) is 6.92 Å². The van der Waals surface area contributed by atoms with Crippen molar-refractivity contribution in [1.29, 1.82) is 0 Å². The van der Waals surface area contributed by atoms with Crippen molar-refractivity contribution in [2.24, 2.45) is 5.92 Å². The summed E-state index contributed by atoms with van der Waals surface area (Å²) in [6.45, 7) is 3.74. The smallest absolute Gasteiger partial charge is 0.257 e. The van der Waals surface area contributed by atoms with Crippen LogP contribution < -0.4 is 5.73 Å². The molecule has 0 saturated heterocycles. The Morgan fingerprint density at radius 3 is 2.94 bits per heavy atom. The molecule has 0 unspecified atom stereocenters. The highest BCUT2D eigenvalue weighted by Gasteiger charge is 2.27. The van der Waals surface area contributed by atoms with E-state index < -0.39 is 0 Å². The SMILES string of the molecule is CCCN(CC1CC1)C(=O)c1cnccc1N. The van der Waals surface area contributed by atoms with Crippen LogP contribution in [0.15, 0.2) is 18.5 Å². The minimum atomic E-state index is 0.0179. The molecule has 2 N–H and O–H groups in total. The molecule has 1 aromatic heterocycles. The zero-order valence-corrected chi connectivity index (χ0v) is 10.2. The molecule has 0 radical (unpaired) electrons. The van der Waals surface area contributed by atoms with Crippen molar-refractivity contribution in [3.05, 3.63) is 24.0 Å². The second-order valence-corrected chi connectivity index (χ2v) is 4.66. The largest absolute Gasteiger partial charge is 0.398 e. The Morgan fingerprint density at radius 1 is 1.59 bits per heavy atom. The maximum Gasteiger partial charge on any atom is 0.257 e. The number of nitrogen functional groups attached to an aromatic ring is 1. The first kappa shape index (κ1) is 11.9. The lowest BCUT2D eigenvalue weighted by atomic mass is 10.2. The molecule has 1 aliphatic rings. The molecule has 1 saturated carbocycles. The van der Waals surface area contributed by atoms with E-state index in [0.29, 0.717) is 17.2 Å². The molecule has 0 aliphatic heterocycles. The Balaban J connectivity index is 2.11. The number of pyridine rings is 1. The van der Waals surface area contributed by atoms with Crippen molar-refractivity contribution in [2.75, 3.05) is 18.8 Å². The highest BCUT2D eigenvalue weighted by Crippen LogP contribution is 2.30. The minimum absolute atomic E-state index is 0.0179. The van der Waals surface area contributed by atoms with Crippen LogP contribution in [0.25, 0.3) is 0 Å². The van der Waals surface area contributed by atoms with E-state index in [0.717, 1.165) is 19.5 Å². The van der Waals surface area contributed by atoms with Crippen molar-refractivity contribution in [1.82, 2.24) is 9.88 Å². The molecule has 1 heterocycles. The van der Waals surface area contributed by atoms with Crippen LogP contribution in [-0.4, -0.2) is 28.9 Å². The number of anilines is 1. The summed E-state index contributed by atoms with van der Waals surface area (Å²) in [6.07, 6.45) is 6.63. The van der Waals surface area contributed by atoms with Crippen molar-refractivity contribution in [3.8, 4) is 0 Å². The van der Waals surface area contributed by atoms with Gasteiger partial charge in [-0.3, -0.25) is 9.78 Å². The van der Waals surface area contributed by atoms with Gasteiger partial charge in [0.15, 0.2) is 0 Å². The second kappa shape index (κ2) is 5.17. The molecule has 0 aromatic carbocycles. The average Bonchev–Trinajstić information content (AvgIpc) is 3.12. The summed E-state index contributed by atoms with van der Waals surface area (Å²) in [4.78, 5) is 18.2. The number of rotatable bonds is 5. The summed E-state index contributed by atoms with van der Waals surface area (Å²) in [6, 6.07) is 1.68. The lowest BCUT2D eigenvalue weighted by Crippen LogP contribution is -2.34. The van der Waals surface area contributed by atoms with Crippen LogP contribution in [0.2, 0.25) is 0 Å². The molecule has 1 fully saturated rings. The molecule has 1 aromatic rings. The standard InChI is InChI=1S/C13H19N3O/c1-2-7-16(9-10-3-4-10)13(17)11-8-15-6-5-12(11)14/h5-6,8,10H,2-4,7,9H2,1H3,(H2,14,15). The molecular formula is C13H19N3O. The number of hydrogen-bond acceptors (Lipinski definition) is 3. The maximum absolute atomic E-state index is 12.3.